The Balaban J connectivity index is 1.58. The first-order valence-corrected chi connectivity index (χ1v) is 13.6. The number of rotatable bonds is 2. The Hall–Kier alpha value is -1.71. The number of hydrogen-bond acceptors (Lipinski definition) is 7. The first kappa shape index (κ1) is 26.9. The van der Waals surface area contributed by atoms with Gasteiger partial charge in [0.2, 0.25) is 5.78 Å². The largest absolute Gasteiger partial charge is 0.456 e. The van der Waals surface area contributed by atoms with Gasteiger partial charge in [-0.2, -0.15) is 0 Å². The molecular weight excluding hydrogens is 486 g/mol. The Labute approximate surface area is 216 Å². The minimum Gasteiger partial charge on any atom is -0.456 e. The van der Waals surface area contributed by atoms with Crippen LogP contribution in [0, 0.1) is 22.7 Å². The highest BCUT2D eigenvalue weighted by atomic mass is 19.1. The van der Waals surface area contributed by atoms with Crippen molar-refractivity contribution in [1.82, 2.24) is 0 Å². The average Bonchev–Trinajstić information content (AvgIpc) is 3.14. The Morgan fingerprint density at radius 3 is 2.59 bits per heavy atom. The lowest BCUT2D eigenvalue weighted by Gasteiger charge is -2.64. The van der Waals surface area contributed by atoms with Gasteiger partial charge >= 0.3 is 5.97 Å². The van der Waals surface area contributed by atoms with Crippen LogP contribution in [-0.2, 0) is 28.6 Å². The van der Waals surface area contributed by atoms with Gasteiger partial charge in [-0.05, 0) is 63.0 Å². The topological polar surface area (TPSA) is 99.1 Å². The predicted octanol–water partition coefficient (Wildman–Crippen LogP) is 3.94. The Kier molecular flexibility index (Phi) is 6.48. The number of hydrogen-bond donors (Lipinski definition) is 1. The number of aliphatic hydroxyl groups is 1. The van der Waals surface area contributed by atoms with Crippen LogP contribution in [0.4, 0.5) is 8.78 Å². The summed E-state index contributed by atoms with van der Waals surface area (Å²) < 4.78 is 50.7. The number of aliphatic hydroxyl groups excluding tert-OH is 1. The molecule has 1 spiro atoms. The van der Waals surface area contributed by atoms with E-state index in [1.807, 2.05) is 13.8 Å². The zero-order valence-electron chi connectivity index (χ0n) is 22.1. The Morgan fingerprint density at radius 2 is 1.89 bits per heavy atom. The highest BCUT2D eigenvalue weighted by Gasteiger charge is 2.76. The van der Waals surface area contributed by atoms with Crippen LogP contribution in [0.3, 0.4) is 0 Å². The first-order valence-electron chi connectivity index (χ1n) is 13.6. The van der Waals surface area contributed by atoms with Crippen molar-refractivity contribution in [2.45, 2.75) is 115 Å². The Bertz CT molecular complexity index is 1030. The maximum atomic E-state index is 17.4. The highest BCUT2D eigenvalue weighted by molar-refractivity contribution is 5.92. The van der Waals surface area contributed by atoms with Crippen molar-refractivity contribution in [2.24, 2.45) is 22.7 Å². The summed E-state index contributed by atoms with van der Waals surface area (Å²) in [6.45, 7) is 6.43. The highest BCUT2D eigenvalue weighted by Crippen LogP contribution is 2.71. The van der Waals surface area contributed by atoms with Crippen LogP contribution in [-0.4, -0.2) is 65.2 Å². The van der Waals surface area contributed by atoms with Gasteiger partial charge in [0.05, 0.1) is 6.10 Å². The minimum absolute atomic E-state index is 0.0769. The number of cyclic esters (lactones) is 1. The molecule has 0 amide bonds. The number of alkyl halides is 2. The fraction of sp³-hybridized carbons (Fsp3) is 0.821. The molecular formula is C28H38F2O7. The van der Waals surface area contributed by atoms with E-state index in [9.17, 15) is 19.5 Å². The number of allylic oxidation sites excluding steroid dienone is 1. The number of fused-ring (bicyclic) bond motifs is 6. The second-order valence-corrected chi connectivity index (χ2v) is 12.2. The molecule has 37 heavy (non-hydrogen) atoms. The van der Waals surface area contributed by atoms with Gasteiger partial charge in [-0.3, -0.25) is 9.59 Å². The van der Waals surface area contributed by atoms with Gasteiger partial charge in [0.25, 0.3) is 0 Å². The molecule has 3 saturated carbocycles. The average molecular weight is 525 g/mol. The van der Waals surface area contributed by atoms with E-state index in [4.69, 9.17) is 14.2 Å². The quantitative estimate of drug-likeness (QED) is 0.547. The molecule has 0 aromatic heterocycles. The van der Waals surface area contributed by atoms with Crippen LogP contribution in [0.25, 0.3) is 0 Å². The molecule has 7 nitrogen and oxygen atoms in total. The SMILES string of the molecule is CCCC1OC(C)C(=O)OCC(=O)[C@]2(CC[C@H]3[C@@H]4C[C@H](F)C5=CC(=O)CC[C@]5(C)[C@@]4(F)[C@@H](O)C[C@@]32C)O1. The monoisotopic (exact) mass is 524 g/mol. The molecule has 4 fully saturated rings. The number of ether oxygens (including phenoxy) is 3. The van der Waals surface area contributed by atoms with E-state index in [1.165, 1.54) is 6.08 Å². The molecule has 1 saturated heterocycles. The lowest BCUT2D eigenvalue weighted by atomic mass is 9.43. The van der Waals surface area contributed by atoms with Crippen molar-refractivity contribution in [2.75, 3.05) is 6.61 Å². The molecule has 5 rings (SSSR count). The third-order valence-electron chi connectivity index (χ3n) is 10.5. The molecule has 1 heterocycles. The molecule has 5 aliphatic rings. The molecule has 10 atom stereocenters. The summed E-state index contributed by atoms with van der Waals surface area (Å²) in [7, 11) is 0. The lowest BCUT2D eigenvalue weighted by Crippen LogP contribution is -2.71. The van der Waals surface area contributed by atoms with Crippen LogP contribution < -0.4 is 0 Å². The van der Waals surface area contributed by atoms with E-state index < -0.39 is 77.0 Å². The second kappa shape index (κ2) is 8.91. The van der Waals surface area contributed by atoms with E-state index >= 15 is 8.78 Å². The molecule has 2 unspecified atom stereocenters. The van der Waals surface area contributed by atoms with Gasteiger partial charge < -0.3 is 19.3 Å². The summed E-state index contributed by atoms with van der Waals surface area (Å²) in [5.41, 5.74) is -5.84. The number of carbonyl (C=O) groups is 3. The van der Waals surface area contributed by atoms with Crippen LogP contribution in [0.5, 0.6) is 0 Å². The van der Waals surface area contributed by atoms with Crippen LogP contribution in [0.15, 0.2) is 11.6 Å². The second-order valence-electron chi connectivity index (χ2n) is 12.2. The van der Waals surface area contributed by atoms with Gasteiger partial charge in [0, 0.05) is 23.2 Å². The van der Waals surface area contributed by atoms with Crippen LogP contribution in [0.2, 0.25) is 0 Å². The van der Waals surface area contributed by atoms with E-state index in [-0.39, 0.29) is 43.5 Å². The molecule has 4 aliphatic carbocycles. The maximum Gasteiger partial charge on any atom is 0.335 e. The fourth-order valence-corrected chi connectivity index (χ4v) is 8.53. The number of esters is 1. The number of carbonyl (C=O) groups excluding carboxylic acids is 3. The van der Waals surface area contributed by atoms with Gasteiger partial charge in [-0.1, -0.05) is 27.2 Å². The summed E-state index contributed by atoms with van der Waals surface area (Å²) in [4.78, 5) is 38.3. The van der Waals surface area contributed by atoms with Gasteiger partial charge in [0.15, 0.2) is 24.8 Å². The van der Waals surface area contributed by atoms with Gasteiger partial charge in [0.1, 0.15) is 17.4 Å². The molecule has 1 N–H and O–H groups in total. The minimum atomic E-state index is -2.15. The zero-order valence-corrected chi connectivity index (χ0v) is 22.1. The molecule has 0 aromatic carbocycles. The predicted molar refractivity (Wildman–Crippen MR) is 128 cm³/mol. The summed E-state index contributed by atoms with van der Waals surface area (Å²) in [5, 5.41) is 11.6. The molecule has 9 heteroatoms. The van der Waals surface area contributed by atoms with Crippen LogP contribution in [0.1, 0.15) is 79.1 Å². The summed E-state index contributed by atoms with van der Waals surface area (Å²) in [6.07, 6.45) is -1.84. The molecule has 1 aliphatic heterocycles. The van der Waals surface area contributed by atoms with Crippen molar-refractivity contribution in [3.63, 3.8) is 0 Å². The van der Waals surface area contributed by atoms with E-state index in [0.717, 1.165) is 0 Å². The summed E-state index contributed by atoms with van der Waals surface area (Å²) in [6, 6.07) is 0. The van der Waals surface area contributed by atoms with Gasteiger partial charge in [-0.25, -0.2) is 13.6 Å². The maximum absolute atomic E-state index is 17.4. The number of Topliss-reactive ketones (excluding diaryl/α,β-unsaturated/α-hetero) is 1. The standard InChI is InChI=1S/C28H38F2O7/c1-5-6-23-36-15(2)24(34)35-14-22(33)27(37-23)10-8-17-18-12-20(29)19-11-16(31)7-9-25(19,3)28(18,30)21(32)13-26(17,27)4/h11,15,17-18,20-21,23,32H,5-10,12-14H2,1-4H3/t15?,17-,18-,20-,21-,23?,25-,26-,27-,28-/m0/s1. The Morgan fingerprint density at radius 1 is 1.16 bits per heavy atom. The van der Waals surface area contributed by atoms with Crippen molar-refractivity contribution < 1.29 is 42.5 Å². The van der Waals surface area contributed by atoms with Crippen molar-refractivity contribution in [3.8, 4) is 0 Å². The van der Waals surface area contributed by atoms with E-state index in [2.05, 4.69) is 0 Å². The zero-order chi connectivity index (χ0) is 27.0. The third-order valence-corrected chi connectivity index (χ3v) is 10.5. The van der Waals surface area contributed by atoms with Crippen molar-refractivity contribution >= 4 is 17.5 Å². The lowest BCUT2D eigenvalue weighted by molar-refractivity contribution is -0.273. The fourth-order valence-electron chi connectivity index (χ4n) is 8.53. The molecule has 0 aromatic rings. The van der Waals surface area contributed by atoms with Gasteiger partial charge in [-0.15, -0.1) is 0 Å². The summed E-state index contributed by atoms with van der Waals surface area (Å²) >= 11 is 0. The third kappa shape index (κ3) is 3.55. The van der Waals surface area contributed by atoms with Crippen molar-refractivity contribution in [1.29, 1.82) is 0 Å². The first-order chi connectivity index (χ1) is 17.3. The van der Waals surface area contributed by atoms with E-state index in [0.29, 0.717) is 19.3 Å². The summed E-state index contributed by atoms with van der Waals surface area (Å²) in [5.74, 6) is -2.65. The number of ketones is 2. The molecule has 0 radical (unpaired) electrons. The van der Waals surface area contributed by atoms with E-state index in [1.54, 1.807) is 13.8 Å². The van der Waals surface area contributed by atoms with Crippen LogP contribution >= 0.6 is 0 Å². The molecule has 0 bridgehead atoms. The smallest absolute Gasteiger partial charge is 0.335 e. The van der Waals surface area contributed by atoms with Crippen molar-refractivity contribution in [3.05, 3.63) is 11.6 Å². The molecule has 206 valence electrons. The number of halogens is 2. The normalized spacial score (nSPS) is 50.2.